The Labute approximate surface area is 167 Å². The molecule has 4 heteroatoms. The highest BCUT2D eigenvalue weighted by molar-refractivity contribution is 5.79. The van der Waals surface area contributed by atoms with Crippen molar-refractivity contribution in [3.05, 3.63) is 70.8 Å². The van der Waals surface area contributed by atoms with Crippen LogP contribution in [0.15, 0.2) is 48.5 Å². The fourth-order valence-corrected chi connectivity index (χ4v) is 2.43. The van der Waals surface area contributed by atoms with Crippen LogP contribution in [0.2, 0.25) is 0 Å². The van der Waals surface area contributed by atoms with E-state index in [1.165, 1.54) is 0 Å². The minimum absolute atomic E-state index is 0.230. The molecule has 0 aliphatic rings. The van der Waals surface area contributed by atoms with Crippen LogP contribution in [0.4, 0.5) is 0 Å². The van der Waals surface area contributed by atoms with Crippen molar-refractivity contribution in [3.8, 4) is 12.1 Å². The normalized spacial score (nSPS) is 9.43. The monoisotopic (exact) mass is 374 g/mol. The molecule has 2 aromatic rings. The second-order valence-electron chi connectivity index (χ2n) is 6.40. The van der Waals surface area contributed by atoms with Gasteiger partial charge in [0, 0.05) is 25.7 Å². The number of carbonyl (C=O) groups excluding carboxylic acids is 2. The zero-order chi connectivity index (χ0) is 20.8. The van der Waals surface area contributed by atoms with Gasteiger partial charge < -0.3 is 0 Å². The molecule has 0 spiro atoms. The largest absolute Gasteiger partial charge is 0.300 e. The topological polar surface area (TPSA) is 81.7 Å². The summed E-state index contributed by atoms with van der Waals surface area (Å²) in [5.74, 6) is 0.573. The first kappa shape index (κ1) is 22.8. The summed E-state index contributed by atoms with van der Waals surface area (Å²) in [6.07, 6.45) is 3.83. The number of nitrogens with zero attached hydrogens (tertiary/aromatic N) is 2. The average molecular weight is 374 g/mol. The van der Waals surface area contributed by atoms with Gasteiger partial charge in [0.2, 0.25) is 0 Å². The van der Waals surface area contributed by atoms with Crippen molar-refractivity contribution < 1.29 is 9.59 Å². The molecule has 0 bridgehead atoms. The van der Waals surface area contributed by atoms with E-state index in [1.54, 1.807) is 24.3 Å². The van der Waals surface area contributed by atoms with Gasteiger partial charge >= 0.3 is 0 Å². The van der Waals surface area contributed by atoms with E-state index < -0.39 is 0 Å². The molecule has 0 saturated carbocycles. The van der Waals surface area contributed by atoms with Crippen molar-refractivity contribution in [2.75, 3.05) is 0 Å². The van der Waals surface area contributed by atoms with Crippen LogP contribution in [-0.2, 0) is 22.4 Å². The first-order valence-electron chi connectivity index (χ1n) is 9.53. The first-order chi connectivity index (χ1) is 13.5. The number of Topliss-reactive ketones (excluding diaryl/α,β-unsaturated/α-hetero) is 2. The van der Waals surface area contributed by atoms with Crippen molar-refractivity contribution in [1.29, 1.82) is 10.5 Å². The van der Waals surface area contributed by atoms with E-state index >= 15 is 0 Å². The zero-order valence-corrected chi connectivity index (χ0v) is 16.6. The van der Waals surface area contributed by atoms with Gasteiger partial charge in [0.05, 0.1) is 23.3 Å². The third-order valence-corrected chi connectivity index (χ3v) is 4.34. The molecule has 0 aliphatic heterocycles. The van der Waals surface area contributed by atoms with Crippen LogP contribution >= 0.6 is 0 Å². The number of aryl methyl sites for hydroxylation is 2. The van der Waals surface area contributed by atoms with Crippen LogP contribution < -0.4 is 0 Å². The summed E-state index contributed by atoms with van der Waals surface area (Å²) in [6, 6.07) is 18.8. The maximum Gasteiger partial charge on any atom is 0.133 e. The van der Waals surface area contributed by atoms with E-state index in [0.29, 0.717) is 55.4 Å². The summed E-state index contributed by atoms with van der Waals surface area (Å²) in [4.78, 5) is 22.1. The lowest BCUT2D eigenvalue weighted by molar-refractivity contribution is -0.119. The molecule has 0 atom stereocenters. The van der Waals surface area contributed by atoms with Gasteiger partial charge in [-0.05, 0) is 48.2 Å². The summed E-state index contributed by atoms with van der Waals surface area (Å²) >= 11 is 0. The number of carbonyl (C=O) groups is 2. The SMILES string of the molecule is CCC(=O)CC.N#Cc1ccc(CCC(=O)CCc2ccc(C#N)cc2)cc1. The summed E-state index contributed by atoms with van der Waals surface area (Å²) in [6.45, 7) is 3.76. The van der Waals surface area contributed by atoms with Crippen LogP contribution in [0.1, 0.15) is 61.8 Å². The van der Waals surface area contributed by atoms with Crippen molar-refractivity contribution in [1.82, 2.24) is 0 Å². The molecular formula is C24H26N2O2. The van der Waals surface area contributed by atoms with Gasteiger partial charge in [-0.25, -0.2) is 0 Å². The van der Waals surface area contributed by atoms with Crippen LogP contribution in [0.3, 0.4) is 0 Å². The quantitative estimate of drug-likeness (QED) is 0.655. The lowest BCUT2D eigenvalue weighted by Crippen LogP contribution is -2.02. The predicted molar refractivity (Wildman–Crippen MR) is 110 cm³/mol. The lowest BCUT2D eigenvalue weighted by Gasteiger charge is -2.03. The minimum atomic E-state index is 0.230. The third-order valence-electron chi connectivity index (χ3n) is 4.34. The van der Waals surface area contributed by atoms with E-state index in [1.807, 2.05) is 38.1 Å². The Morgan fingerprint density at radius 1 is 0.679 bits per heavy atom. The van der Waals surface area contributed by atoms with Crippen LogP contribution in [0.25, 0.3) is 0 Å². The van der Waals surface area contributed by atoms with Gasteiger partial charge in [0.25, 0.3) is 0 Å². The highest BCUT2D eigenvalue weighted by Gasteiger charge is 2.04. The second-order valence-corrected chi connectivity index (χ2v) is 6.40. The highest BCUT2D eigenvalue weighted by atomic mass is 16.1. The number of benzene rings is 2. The van der Waals surface area contributed by atoms with Gasteiger partial charge in [-0.1, -0.05) is 38.1 Å². The molecule has 0 heterocycles. The highest BCUT2D eigenvalue weighted by Crippen LogP contribution is 2.10. The van der Waals surface area contributed by atoms with Crippen molar-refractivity contribution in [2.24, 2.45) is 0 Å². The molecule has 0 aliphatic carbocycles. The minimum Gasteiger partial charge on any atom is -0.300 e. The smallest absolute Gasteiger partial charge is 0.133 e. The molecule has 28 heavy (non-hydrogen) atoms. The Morgan fingerprint density at radius 3 is 1.29 bits per heavy atom. The Kier molecular flexibility index (Phi) is 10.6. The average Bonchev–Trinajstić information content (AvgIpc) is 2.76. The van der Waals surface area contributed by atoms with Gasteiger partial charge in [-0.3, -0.25) is 9.59 Å². The molecule has 2 aromatic carbocycles. The van der Waals surface area contributed by atoms with Crippen molar-refractivity contribution >= 4 is 11.6 Å². The fraction of sp³-hybridized carbons (Fsp3) is 0.333. The van der Waals surface area contributed by atoms with Crippen molar-refractivity contribution in [2.45, 2.75) is 52.4 Å². The van der Waals surface area contributed by atoms with E-state index in [-0.39, 0.29) is 5.78 Å². The van der Waals surface area contributed by atoms with Gasteiger partial charge in [-0.2, -0.15) is 10.5 Å². The summed E-state index contributed by atoms with van der Waals surface area (Å²) in [5.41, 5.74) is 3.42. The molecule has 2 rings (SSSR count). The first-order valence-corrected chi connectivity index (χ1v) is 9.53. The third kappa shape index (κ3) is 8.92. The Hall–Kier alpha value is -3.24. The number of nitriles is 2. The number of hydrogen-bond donors (Lipinski definition) is 0. The molecule has 0 saturated heterocycles. The van der Waals surface area contributed by atoms with E-state index in [9.17, 15) is 9.59 Å². The van der Waals surface area contributed by atoms with Crippen LogP contribution in [-0.4, -0.2) is 11.6 Å². The molecule has 4 nitrogen and oxygen atoms in total. The molecule has 0 fully saturated rings. The molecular weight excluding hydrogens is 348 g/mol. The van der Waals surface area contributed by atoms with E-state index in [0.717, 1.165) is 11.1 Å². The second kappa shape index (κ2) is 13.0. The standard InChI is InChI=1S/C19H16N2O.C5H10O/c20-13-17-5-1-15(2-6-17)9-11-19(22)12-10-16-3-7-18(14-21)8-4-16;1-3-5(6)4-2/h1-8H,9-12H2;3-4H2,1-2H3. The Bertz CT molecular complexity index is 769. The zero-order valence-electron chi connectivity index (χ0n) is 16.6. The lowest BCUT2D eigenvalue weighted by atomic mass is 10.0. The van der Waals surface area contributed by atoms with E-state index in [4.69, 9.17) is 10.5 Å². The van der Waals surface area contributed by atoms with E-state index in [2.05, 4.69) is 12.1 Å². The van der Waals surface area contributed by atoms with Gasteiger partial charge in [0.1, 0.15) is 11.6 Å². The van der Waals surface area contributed by atoms with Crippen LogP contribution in [0.5, 0.6) is 0 Å². The summed E-state index contributed by atoms with van der Waals surface area (Å²) < 4.78 is 0. The maximum atomic E-state index is 11.9. The molecule has 144 valence electrons. The molecule has 0 amide bonds. The van der Waals surface area contributed by atoms with Crippen molar-refractivity contribution in [3.63, 3.8) is 0 Å². The Balaban J connectivity index is 0.000000568. The number of rotatable bonds is 8. The Morgan fingerprint density at radius 2 is 1.04 bits per heavy atom. The predicted octanol–water partition coefficient (Wildman–Crippen LogP) is 4.94. The van der Waals surface area contributed by atoms with Gasteiger partial charge in [-0.15, -0.1) is 0 Å². The number of ketones is 2. The fourth-order valence-electron chi connectivity index (χ4n) is 2.43. The molecule has 0 unspecified atom stereocenters. The van der Waals surface area contributed by atoms with Crippen LogP contribution in [0, 0.1) is 22.7 Å². The molecule has 0 N–H and O–H groups in total. The summed E-state index contributed by atoms with van der Waals surface area (Å²) in [5, 5.41) is 17.5. The molecule has 0 radical (unpaired) electrons. The summed E-state index contributed by atoms with van der Waals surface area (Å²) in [7, 11) is 0. The van der Waals surface area contributed by atoms with Gasteiger partial charge in [0.15, 0.2) is 0 Å². The maximum absolute atomic E-state index is 11.9. The molecule has 0 aromatic heterocycles. The number of hydrogen-bond acceptors (Lipinski definition) is 4.